The number of benzene rings is 2. The van der Waals surface area contributed by atoms with Gasteiger partial charge in [-0.25, -0.2) is 0 Å². The van der Waals surface area contributed by atoms with Crippen molar-refractivity contribution >= 4 is 16.9 Å². The molecule has 0 saturated heterocycles. The Morgan fingerprint density at radius 2 is 1.65 bits per heavy atom. The van der Waals surface area contributed by atoms with Crippen molar-refractivity contribution in [3.63, 3.8) is 0 Å². The van der Waals surface area contributed by atoms with Crippen LogP contribution in [0.5, 0.6) is 0 Å². The van der Waals surface area contributed by atoms with Crippen LogP contribution in [0.2, 0.25) is 0 Å². The van der Waals surface area contributed by atoms with Crippen molar-refractivity contribution in [1.82, 2.24) is 4.98 Å². The fourth-order valence-electron chi connectivity index (χ4n) is 3.00. The Morgan fingerprint density at radius 3 is 2.26 bits per heavy atom. The van der Waals surface area contributed by atoms with Crippen LogP contribution in [0.3, 0.4) is 0 Å². The smallest absolute Gasteiger partial charge is 0.307 e. The molecular weight excluding hydrogens is 286 g/mol. The lowest BCUT2D eigenvalue weighted by Crippen LogP contribution is -2.01. The minimum Gasteiger partial charge on any atom is -0.481 e. The number of fused-ring (bicyclic) bond motifs is 1. The Bertz CT molecular complexity index is 844. The van der Waals surface area contributed by atoms with E-state index < -0.39 is 5.97 Å². The maximum absolute atomic E-state index is 11.3. The summed E-state index contributed by atoms with van der Waals surface area (Å²) in [6.07, 6.45) is 1.96. The molecule has 0 bridgehead atoms. The van der Waals surface area contributed by atoms with Crippen molar-refractivity contribution < 1.29 is 9.90 Å². The molecule has 3 rings (SSSR count). The van der Waals surface area contributed by atoms with E-state index in [4.69, 9.17) is 0 Å². The predicted molar refractivity (Wildman–Crippen MR) is 93.8 cm³/mol. The highest BCUT2D eigenvalue weighted by Crippen LogP contribution is 2.32. The van der Waals surface area contributed by atoms with E-state index in [1.807, 2.05) is 6.07 Å². The van der Waals surface area contributed by atoms with Crippen LogP contribution >= 0.6 is 0 Å². The van der Waals surface area contributed by atoms with Gasteiger partial charge in [0.05, 0.1) is 12.1 Å². The van der Waals surface area contributed by atoms with Gasteiger partial charge in [-0.1, -0.05) is 44.2 Å². The summed E-state index contributed by atoms with van der Waals surface area (Å²) in [5.74, 6) is -0.806. The first-order valence-corrected chi connectivity index (χ1v) is 8.07. The standard InChI is InChI=1S/C20H21NO2/c1-3-13-5-8-15(9-6-13)20-17(12-19(22)23)16-11-14(4-2)7-10-18(16)21-20/h5-11,21H,3-4,12H2,1-2H3,(H,22,23). The number of aromatic nitrogens is 1. The summed E-state index contributed by atoms with van der Waals surface area (Å²) >= 11 is 0. The largest absolute Gasteiger partial charge is 0.481 e. The highest BCUT2D eigenvalue weighted by atomic mass is 16.4. The van der Waals surface area contributed by atoms with E-state index in [0.717, 1.165) is 40.6 Å². The van der Waals surface area contributed by atoms with Crippen molar-refractivity contribution in [3.05, 3.63) is 59.2 Å². The minimum absolute atomic E-state index is 0.0258. The number of carbonyl (C=O) groups is 1. The van der Waals surface area contributed by atoms with Gasteiger partial charge in [0.15, 0.2) is 0 Å². The third-order valence-corrected chi connectivity index (χ3v) is 4.36. The second-order valence-electron chi connectivity index (χ2n) is 5.83. The molecule has 3 aromatic rings. The lowest BCUT2D eigenvalue weighted by Gasteiger charge is -2.05. The molecule has 0 aliphatic heterocycles. The first-order valence-electron chi connectivity index (χ1n) is 8.07. The summed E-state index contributed by atoms with van der Waals surface area (Å²) in [5, 5.41) is 10.3. The third kappa shape index (κ3) is 3.00. The van der Waals surface area contributed by atoms with Crippen LogP contribution in [-0.4, -0.2) is 16.1 Å². The van der Waals surface area contributed by atoms with Crippen LogP contribution < -0.4 is 0 Å². The molecule has 0 amide bonds. The molecule has 118 valence electrons. The molecule has 0 aliphatic carbocycles. The Morgan fingerprint density at radius 1 is 1.00 bits per heavy atom. The molecule has 1 heterocycles. The molecule has 0 unspecified atom stereocenters. The fourth-order valence-corrected chi connectivity index (χ4v) is 3.00. The van der Waals surface area contributed by atoms with Crippen LogP contribution in [0.15, 0.2) is 42.5 Å². The molecule has 0 fully saturated rings. The van der Waals surface area contributed by atoms with Crippen molar-refractivity contribution in [3.8, 4) is 11.3 Å². The molecule has 2 aromatic carbocycles. The van der Waals surface area contributed by atoms with Gasteiger partial charge in [-0.2, -0.15) is 0 Å². The van der Waals surface area contributed by atoms with Gasteiger partial charge < -0.3 is 10.1 Å². The van der Waals surface area contributed by atoms with Crippen LogP contribution in [0.4, 0.5) is 0 Å². The quantitative estimate of drug-likeness (QED) is 0.724. The normalized spacial score (nSPS) is 11.0. The van der Waals surface area contributed by atoms with Gasteiger partial charge in [0.1, 0.15) is 0 Å². The Kier molecular flexibility index (Phi) is 4.20. The average Bonchev–Trinajstić information content (AvgIpc) is 2.92. The maximum Gasteiger partial charge on any atom is 0.307 e. The second-order valence-corrected chi connectivity index (χ2v) is 5.83. The van der Waals surface area contributed by atoms with Crippen molar-refractivity contribution in [2.45, 2.75) is 33.1 Å². The molecular formula is C20H21NO2. The van der Waals surface area contributed by atoms with Crippen molar-refractivity contribution in [2.24, 2.45) is 0 Å². The van der Waals surface area contributed by atoms with Crippen LogP contribution in [0.1, 0.15) is 30.5 Å². The van der Waals surface area contributed by atoms with Crippen molar-refractivity contribution in [1.29, 1.82) is 0 Å². The van der Waals surface area contributed by atoms with E-state index in [-0.39, 0.29) is 6.42 Å². The average molecular weight is 307 g/mol. The molecule has 0 saturated carbocycles. The highest BCUT2D eigenvalue weighted by Gasteiger charge is 2.16. The number of aryl methyl sites for hydroxylation is 2. The Labute approximate surface area is 136 Å². The molecule has 3 nitrogen and oxygen atoms in total. The van der Waals surface area contributed by atoms with Gasteiger partial charge in [-0.15, -0.1) is 0 Å². The van der Waals surface area contributed by atoms with Crippen LogP contribution in [0, 0.1) is 0 Å². The van der Waals surface area contributed by atoms with E-state index in [0.29, 0.717) is 0 Å². The summed E-state index contributed by atoms with van der Waals surface area (Å²) in [7, 11) is 0. The number of nitrogens with one attached hydrogen (secondary N) is 1. The monoisotopic (exact) mass is 307 g/mol. The topological polar surface area (TPSA) is 53.1 Å². The molecule has 23 heavy (non-hydrogen) atoms. The SMILES string of the molecule is CCc1ccc(-c2[nH]c3ccc(CC)cc3c2CC(=O)O)cc1. The number of carboxylic acids is 1. The number of hydrogen-bond acceptors (Lipinski definition) is 1. The van der Waals surface area contributed by atoms with Gasteiger partial charge in [-0.3, -0.25) is 4.79 Å². The number of hydrogen-bond donors (Lipinski definition) is 2. The van der Waals surface area contributed by atoms with Crippen LogP contribution in [0.25, 0.3) is 22.2 Å². The van der Waals surface area contributed by atoms with E-state index in [2.05, 4.69) is 55.2 Å². The van der Waals surface area contributed by atoms with E-state index in [9.17, 15) is 9.90 Å². The molecule has 0 aliphatic rings. The zero-order valence-corrected chi connectivity index (χ0v) is 13.5. The first-order chi connectivity index (χ1) is 11.1. The highest BCUT2D eigenvalue weighted by molar-refractivity contribution is 5.94. The molecule has 0 radical (unpaired) electrons. The number of H-pyrrole nitrogens is 1. The minimum atomic E-state index is -0.806. The second kappa shape index (κ2) is 6.29. The maximum atomic E-state index is 11.3. The fraction of sp³-hybridized carbons (Fsp3) is 0.250. The lowest BCUT2D eigenvalue weighted by atomic mass is 10.00. The zero-order chi connectivity index (χ0) is 16.4. The summed E-state index contributed by atoms with van der Waals surface area (Å²) in [6, 6.07) is 14.6. The molecule has 0 spiro atoms. The van der Waals surface area contributed by atoms with Crippen molar-refractivity contribution in [2.75, 3.05) is 0 Å². The lowest BCUT2D eigenvalue weighted by molar-refractivity contribution is -0.136. The number of carboxylic acid groups (broad SMARTS) is 1. The summed E-state index contributed by atoms with van der Waals surface area (Å²) < 4.78 is 0. The zero-order valence-electron chi connectivity index (χ0n) is 13.5. The van der Waals surface area contributed by atoms with Gasteiger partial charge in [-0.05, 0) is 47.2 Å². The van der Waals surface area contributed by atoms with Gasteiger partial charge in [0.2, 0.25) is 0 Å². The van der Waals surface area contributed by atoms with Crippen LogP contribution in [-0.2, 0) is 24.1 Å². The van der Waals surface area contributed by atoms with E-state index >= 15 is 0 Å². The molecule has 0 atom stereocenters. The van der Waals surface area contributed by atoms with Gasteiger partial charge >= 0.3 is 5.97 Å². The summed E-state index contributed by atoms with van der Waals surface area (Å²) in [5.41, 5.74) is 6.31. The summed E-state index contributed by atoms with van der Waals surface area (Å²) in [4.78, 5) is 14.7. The Hall–Kier alpha value is -2.55. The predicted octanol–water partition coefficient (Wildman–Crippen LogP) is 4.59. The Balaban J connectivity index is 2.19. The number of aliphatic carboxylic acids is 1. The molecule has 3 heteroatoms. The number of aromatic amines is 1. The molecule has 2 N–H and O–H groups in total. The molecule has 1 aromatic heterocycles. The van der Waals surface area contributed by atoms with Gasteiger partial charge in [0.25, 0.3) is 0 Å². The summed E-state index contributed by atoms with van der Waals surface area (Å²) in [6.45, 7) is 4.23. The van der Waals surface area contributed by atoms with E-state index in [1.54, 1.807) is 0 Å². The third-order valence-electron chi connectivity index (χ3n) is 4.36. The van der Waals surface area contributed by atoms with E-state index in [1.165, 1.54) is 11.1 Å². The first kappa shape index (κ1) is 15.3. The van der Waals surface area contributed by atoms with Gasteiger partial charge in [0, 0.05) is 10.9 Å². The number of rotatable bonds is 5.